The molecule has 2 amide bonds. The Kier molecular flexibility index (Phi) is 3.41. The van der Waals surface area contributed by atoms with Crippen LogP contribution in [-0.4, -0.2) is 47.3 Å². The molecule has 1 spiro atoms. The van der Waals surface area contributed by atoms with Crippen molar-refractivity contribution in [2.75, 3.05) is 20.1 Å². The Hall–Kier alpha value is -1.88. The van der Waals surface area contributed by atoms with Gasteiger partial charge in [0.2, 0.25) is 5.91 Å². The van der Waals surface area contributed by atoms with E-state index < -0.39 is 5.54 Å². The van der Waals surface area contributed by atoms with Gasteiger partial charge in [-0.2, -0.15) is 0 Å². The molecule has 1 aromatic heterocycles. The van der Waals surface area contributed by atoms with Crippen LogP contribution in [0.25, 0.3) is 10.1 Å². The van der Waals surface area contributed by atoms with Crippen molar-refractivity contribution in [3.05, 3.63) is 35.2 Å². The number of likely N-dealkylation sites (tertiary alicyclic amines) is 2. The van der Waals surface area contributed by atoms with Crippen LogP contribution in [0.2, 0.25) is 0 Å². The summed E-state index contributed by atoms with van der Waals surface area (Å²) in [4.78, 5) is 29.7. The molecule has 0 N–H and O–H groups in total. The number of carbonyl (C=O) groups excluding carboxylic acids is 2. The molecule has 0 aliphatic carbocycles. The first-order chi connectivity index (χ1) is 11.1. The van der Waals surface area contributed by atoms with Gasteiger partial charge in [-0.15, -0.1) is 11.3 Å². The van der Waals surface area contributed by atoms with Gasteiger partial charge in [-0.1, -0.05) is 18.2 Å². The van der Waals surface area contributed by atoms with Crippen LogP contribution in [0.1, 0.15) is 36.0 Å². The molecule has 2 aliphatic heterocycles. The fourth-order valence-corrected chi connectivity index (χ4v) is 5.05. The van der Waals surface area contributed by atoms with Crippen molar-refractivity contribution in [3.63, 3.8) is 0 Å². The second-order valence-corrected chi connectivity index (χ2v) is 7.48. The highest BCUT2D eigenvalue weighted by molar-refractivity contribution is 7.17. The molecule has 23 heavy (non-hydrogen) atoms. The van der Waals surface area contributed by atoms with Crippen molar-refractivity contribution in [2.24, 2.45) is 0 Å². The van der Waals surface area contributed by atoms with Crippen LogP contribution in [0.4, 0.5) is 0 Å². The number of amides is 2. The van der Waals surface area contributed by atoms with E-state index in [1.807, 2.05) is 41.6 Å². The number of nitrogens with zero attached hydrogens (tertiary/aromatic N) is 2. The van der Waals surface area contributed by atoms with Crippen LogP contribution in [0.15, 0.2) is 29.6 Å². The molecule has 2 fully saturated rings. The quantitative estimate of drug-likeness (QED) is 0.807. The van der Waals surface area contributed by atoms with Crippen LogP contribution in [0.5, 0.6) is 0 Å². The molecule has 3 heterocycles. The highest BCUT2D eigenvalue weighted by Crippen LogP contribution is 2.40. The zero-order valence-corrected chi connectivity index (χ0v) is 14.1. The summed E-state index contributed by atoms with van der Waals surface area (Å²) in [5, 5.41) is 2.94. The maximum absolute atomic E-state index is 13.2. The predicted molar refractivity (Wildman–Crippen MR) is 91.7 cm³/mol. The van der Waals surface area contributed by atoms with Gasteiger partial charge in [0.1, 0.15) is 5.54 Å². The van der Waals surface area contributed by atoms with Crippen LogP contribution < -0.4 is 0 Å². The molecule has 0 radical (unpaired) electrons. The van der Waals surface area contributed by atoms with Gasteiger partial charge in [-0.3, -0.25) is 9.59 Å². The lowest BCUT2D eigenvalue weighted by molar-refractivity contribution is -0.144. The Labute approximate surface area is 139 Å². The molecular formula is C18H20N2O2S. The van der Waals surface area contributed by atoms with E-state index >= 15 is 0 Å². The number of rotatable bonds is 1. The van der Waals surface area contributed by atoms with E-state index in [9.17, 15) is 9.59 Å². The Morgan fingerprint density at radius 2 is 1.91 bits per heavy atom. The van der Waals surface area contributed by atoms with Gasteiger partial charge in [0.15, 0.2) is 0 Å². The number of carbonyl (C=O) groups is 2. The monoisotopic (exact) mass is 328 g/mol. The largest absolute Gasteiger partial charge is 0.344 e. The minimum Gasteiger partial charge on any atom is -0.344 e. The maximum Gasteiger partial charge on any atom is 0.256 e. The SMILES string of the molecule is CN1CCCC2(CCCN2C(=O)c2csc3ccccc23)C1=O. The van der Waals surface area contributed by atoms with E-state index in [0.717, 1.165) is 47.9 Å². The van der Waals surface area contributed by atoms with Gasteiger partial charge in [-0.25, -0.2) is 0 Å². The lowest BCUT2D eigenvalue weighted by Gasteiger charge is -2.43. The summed E-state index contributed by atoms with van der Waals surface area (Å²) in [6, 6.07) is 7.99. The number of likely N-dealkylation sites (N-methyl/N-ethyl adjacent to an activating group) is 1. The third-order valence-corrected chi connectivity index (χ3v) is 6.24. The zero-order valence-electron chi connectivity index (χ0n) is 13.2. The lowest BCUT2D eigenvalue weighted by Crippen LogP contribution is -2.60. The fourth-order valence-electron chi connectivity index (χ4n) is 4.12. The average molecular weight is 328 g/mol. The highest BCUT2D eigenvalue weighted by Gasteiger charge is 2.52. The smallest absolute Gasteiger partial charge is 0.256 e. The number of hydrogen-bond donors (Lipinski definition) is 0. The molecule has 120 valence electrons. The summed E-state index contributed by atoms with van der Waals surface area (Å²) in [5.41, 5.74) is 0.139. The molecule has 2 saturated heterocycles. The van der Waals surface area contributed by atoms with E-state index in [-0.39, 0.29) is 11.8 Å². The second kappa shape index (κ2) is 5.34. The molecule has 4 rings (SSSR count). The maximum atomic E-state index is 13.2. The Morgan fingerprint density at radius 3 is 2.74 bits per heavy atom. The molecule has 0 saturated carbocycles. The van der Waals surface area contributed by atoms with Crippen LogP contribution in [0.3, 0.4) is 0 Å². The third-order valence-electron chi connectivity index (χ3n) is 5.27. The highest BCUT2D eigenvalue weighted by atomic mass is 32.1. The Bertz CT molecular complexity index is 784. The van der Waals surface area contributed by atoms with Crippen molar-refractivity contribution >= 4 is 33.2 Å². The van der Waals surface area contributed by atoms with Gasteiger partial charge in [0, 0.05) is 35.6 Å². The minimum absolute atomic E-state index is 0.0172. The first-order valence-corrected chi connectivity index (χ1v) is 9.05. The van der Waals surface area contributed by atoms with Crippen LogP contribution in [0, 0.1) is 0 Å². The first kappa shape index (κ1) is 14.7. The molecule has 2 aliphatic rings. The van der Waals surface area contributed by atoms with Crippen molar-refractivity contribution in [3.8, 4) is 0 Å². The average Bonchev–Trinajstić information content (AvgIpc) is 3.17. The van der Waals surface area contributed by atoms with Gasteiger partial charge in [-0.05, 0) is 31.7 Å². The summed E-state index contributed by atoms with van der Waals surface area (Å²) >= 11 is 1.59. The van der Waals surface area contributed by atoms with Crippen molar-refractivity contribution in [2.45, 2.75) is 31.2 Å². The van der Waals surface area contributed by atoms with Crippen LogP contribution in [-0.2, 0) is 4.79 Å². The number of thiophene rings is 1. The summed E-state index contributed by atoms with van der Waals surface area (Å²) < 4.78 is 1.12. The van der Waals surface area contributed by atoms with Crippen molar-refractivity contribution < 1.29 is 9.59 Å². The molecule has 2 aromatic rings. The second-order valence-electron chi connectivity index (χ2n) is 6.57. The number of fused-ring (bicyclic) bond motifs is 1. The number of benzene rings is 1. The summed E-state index contributed by atoms with van der Waals surface area (Å²) in [6.07, 6.45) is 3.47. The molecule has 0 bridgehead atoms. The van der Waals surface area contributed by atoms with Crippen molar-refractivity contribution in [1.82, 2.24) is 9.80 Å². The molecule has 1 atom stereocenters. The van der Waals surface area contributed by atoms with Gasteiger partial charge >= 0.3 is 0 Å². The number of piperidine rings is 1. The Balaban J connectivity index is 1.74. The van der Waals surface area contributed by atoms with Gasteiger partial charge in [0.05, 0.1) is 5.56 Å². The normalized spacial score (nSPS) is 24.8. The van der Waals surface area contributed by atoms with E-state index in [2.05, 4.69) is 0 Å². The standard InChI is InChI=1S/C18H20N2O2S/c1-19-10-4-8-18(17(19)22)9-5-11-20(18)16(21)14-12-23-15-7-3-2-6-13(14)15/h2-3,6-7,12H,4-5,8-11H2,1H3. The predicted octanol–water partition coefficient (Wildman–Crippen LogP) is 3.13. The van der Waals surface area contributed by atoms with E-state index in [1.54, 1.807) is 16.2 Å². The number of hydrogen-bond acceptors (Lipinski definition) is 3. The fraction of sp³-hybridized carbons (Fsp3) is 0.444. The molecular weight excluding hydrogens is 308 g/mol. The zero-order chi connectivity index (χ0) is 16.0. The summed E-state index contributed by atoms with van der Waals surface area (Å²) in [5.74, 6) is 0.137. The molecule has 1 unspecified atom stereocenters. The molecule has 5 heteroatoms. The van der Waals surface area contributed by atoms with Gasteiger partial charge < -0.3 is 9.80 Å². The molecule has 4 nitrogen and oxygen atoms in total. The topological polar surface area (TPSA) is 40.6 Å². The summed E-state index contributed by atoms with van der Waals surface area (Å²) in [7, 11) is 1.85. The Morgan fingerprint density at radius 1 is 1.17 bits per heavy atom. The van der Waals surface area contributed by atoms with Gasteiger partial charge in [0.25, 0.3) is 5.91 Å². The van der Waals surface area contributed by atoms with Crippen molar-refractivity contribution in [1.29, 1.82) is 0 Å². The van der Waals surface area contributed by atoms with Crippen LogP contribution >= 0.6 is 11.3 Å². The van der Waals surface area contributed by atoms with E-state index in [0.29, 0.717) is 6.54 Å². The first-order valence-electron chi connectivity index (χ1n) is 8.17. The van der Waals surface area contributed by atoms with E-state index in [1.165, 1.54) is 0 Å². The third kappa shape index (κ3) is 2.10. The summed E-state index contributed by atoms with van der Waals surface area (Å²) in [6.45, 7) is 1.48. The van der Waals surface area contributed by atoms with E-state index in [4.69, 9.17) is 0 Å². The molecule has 1 aromatic carbocycles. The minimum atomic E-state index is -0.604. The lowest BCUT2D eigenvalue weighted by atomic mass is 9.85.